The molecule has 4 fully saturated rings. The van der Waals surface area contributed by atoms with Crippen LogP contribution in [0, 0.1) is 29.1 Å². The fourth-order valence-electron chi connectivity index (χ4n) is 5.33. The molecule has 0 unspecified atom stereocenters. The minimum atomic E-state index is -0.569. The summed E-state index contributed by atoms with van der Waals surface area (Å²) in [5.74, 6) is 1.64. The van der Waals surface area contributed by atoms with Gasteiger partial charge in [0.1, 0.15) is 0 Å². The monoisotopic (exact) mass is 350 g/mol. The van der Waals surface area contributed by atoms with E-state index < -0.39 is 11.9 Å². The van der Waals surface area contributed by atoms with Crippen molar-refractivity contribution in [1.82, 2.24) is 10.6 Å². The minimum Gasteiger partial charge on any atom is -0.455 e. The highest BCUT2D eigenvalue weighted by atomic mass is 16.5. The largest absolute Gasteiger partial charge is 0.455 e. The second kappa shape index (κ2) is 7.34. The maximum atomic E-state index is 12.6. The molecule has 0 aliphatic heterocycles. The molecule has 4 bridgehead atoms. The van der Waals surface area contributed by atoms with E-state index in [2.05, 4.69) is 24.5 Å². The van der Waals surface area contributed by atoms with E-state index in [0.717, 1.165) is 25.7 Å². The van der Waals surface area contributed by atoms with Crippen molar-refractivity contribution in [2.75, 3.05) is 13.2 Å². The van der Waals surface area contributed by atoms with Gasteiger partial charge in [-0.3, -0.25) is 14.9 Å². The molecule has 4 saturated carbocycles. The first-order valence-corrected chi connectivity index (χ1v) is 9.61. The fourth-order valence-corrected chi connectivity index (χ4v) is 5.33. The zero-order valence-electron chi connectivity index (χ0n) is 15.3. The molecular formula is C19H30N2O4. The maximum absolute atomic E-state index is 12.6. The Morgan fingerprint density at radius 2 is 1.60 bits per heavy atom. The van der Waals surface area contributed by atoms with E-state index in [1.165, 1.54) is 19.3 Å². The van der Waals surface area contributed by atoms with Gasteiger partial charge in [0.15, 0.2) is 6.61 Å². The van der Waals surface area contributed by atoms with Crippen molar-refractivity contribution in [3.05, 3.63) is 0 Å². The molecule has 3 amide bonds. The van der Waals surface area contributed by atoms with Gasteiger partial charge in [-0.15, -0.1) is 0 Å². The highest BCUT2D eigenvalue weighted by Gasteiger charge is 2.55. The summed E-state index contributed by atoms with van der Waals surface area (Å²) in [5, 5.41) is 4.85. The second-order valence-corrected chi connectivity index (χ2v) is 8.76. The van der Waals surface area contributed by atoms with Crippen molar-refractivity contribution in [3.8, 4) is 0 Å². The highest BCUT2D eigenvalue weighted by molar-refractivity contribution is 5.95. The summed E-state index contributed by atoms with van der Waals surface area (Å²) < 4.78 is 5.30. The Kier molecular flexibility index (Phi) is 5.35. The average molecular weight is 350 g/mol. The van der Waals surface area contributed by atoms with Crippen molar-refractivity contribution in [1.29, 1.82) is 0 Å². The molecular weight excluding hydrogens is 320 g/mol. The Bertz CT molecular complexity index is 508. The summed E-state index contributed by atoms with van der Waals surface area (Å²) in [4.78, 5) is 36.1. The van der Waals surface area contributed by atoms with E-state index in [4.69, 9.17) is 4.74 Å². The standard InChI is InChI=1S/C19H30N2O4/c1-12(2)3-4-20-18(24)21-16(22)11-25-17(23)19-8-13-5-14(9-19)7-15(6-13)10-19/h12-15H,3-11H2,1-2H3,(H2,20,21,22,24). The van der Waals surface area contributed by atoms with Crippen molar-refractivity contribution < 1.29 is 19.1 Å². The summed E-state index contributed by atoms with van der Waals surface area (Å²) in [6, 6.07) is -0.531. The average Bonchev–Trinajstić information content (AvgIpc) is 2.50. The second-order valence-electron chi connectivity index (χ2n) is 8.76. The first kappa shape index (κ1) is 18.2. The number of imide groups is 1. The first-order valence-electron chi connectivity index (χ1n) is 9.61. The predicted molar refractivity (Wildman–Crippen MR) is 92.6 cm³/mol. The van der Waals surface area contributed by atoms with E-state index in [-0.39, 0.29) is 18.0 Å². The zero-order valence-corrected chi connectivity index (χ0v) is 15.3. The number of esters is 1. The summed E-state index contributed by atoms with van der Waals surface area (Å²) in [6.07, 6.45) is 7.35. The summed E-state index contributed by atoms with van der Waals surface area (Å²) in [7, 11) is 0. The van der Waals surface area contributed by atoms with Crippen molar-refractivity contribution in [2.45, 2.75) is 58.8 Å². The third kappa shape index (κ3) is 4.33. The number of ether oxygens (including phenoxy) is 1. The lowest BCUT2D eigenvalue weighted by molar-refractivity contribution is -0.173. The van der Waals surface area contributed by atoms with Crippen LogP contribution in [0.2, 0.25) is 0 Å². The van der Waals surface area contributed by atoms with Gasteiger partial charge in [0.05, 0.1) is 5.41 Å². The van der Waals surface area contributed by atoms with E-state index in [1.807, 2.05) is 0 Å². The molecule has 25 heavy (non-hydrogen) atoms. The fraction of sp³-hybridized carbons (Fsp3) is 0.842. The van der Waals surface area contributed by atoms with Gasteiger partial charge in [0.25, 0.3) is 5.91 Å². The smallest absolute Gasteiger partial charge is 0.321 e. The highest BCUT2D eigenvalue weighted by Crippen LogP contribution is 2.60. The predicted octanol–water partition coefficient (Wildman–Crippen LogP) is 2.62. The summed E-state index contributed by atoms with van der Waals surface area (Å²) >= 11 is 0. The lowest BCUT2D eigenvalue weighted by atomic mass is 9.49. The molecule has 0 spiro atoms. The summed E-state index contributed by atoms with van der Waals surface area (Å²) in [5.41, 5.74) is -0.367. The number of carbonyl (C=O) groups is 3. The van der Waals surface area contributed by atoms with Crippen LogP contribution in [-0.2, 0) is 14.3 Å². The topological polar surface area (TPSA) is 84.5 Å². The summed E-state index contributed by atoms with van der Waals surface area (Å²) in [6.45, 7) is 4.27. The van der Waals surface area contributed by atoms with Crippen LogP contribution in [0.25, 0.3) is 0 Å². The molecule has 0 saturated heterocycles. The zero-order chi connectivity index (χ0) is 18.0. The van der Waals surface area contributed by atoms with Crippen LogP contribution in [0.1, 0.15) is 58.8 Å². The van der Waals surface area contributed by atoms with Gasteiger partial charge in [0.2, 0.25) is 0 Å². The quantitative estimate of drug-likeness (QED) is 0.721. The molecule has 0 aromatic heterocycles. The molecule has 6 heteroatoms. The molecule has 0 aromatic rings. The number of amides is 3. The van der Waals surface area contributed by atoms with Gasteiger partial charge in [-0.1, -0.05) is 13.8 Å². The number of nitrogens with one attached hydrogen (secondary N) is 2. The van der Waals surface area contributed by atoms with Crippen LogP contribution in [-0.4, -0.2) is 31.1 Å². The molecule has 4 aliphatic carbocycles. The van der Waals surface area contributed by atoms with E-state index in [9.17, 15) is 14.4 Å². The van der Waals surface area contributed by atoms with E-state index in [0.29, 0.717) is 30.2 Å². The molecule has 0 aromatic carbocycles. The van der Waals surface area contributed by atoms with Crippen LogP contribution < -0.4 is 10.6 Å². The Labute approximate surface area is 149 Å². The minimum absolute atomic E-state index is 0.234. The molecule has 0 heterocycles. The van der Waals surface area contributed by atoms with Gasteiger partial charge in [-0.25, -0.2) is 4.79 Å². The lowest BCUT2D eigenvalue weighted by Gasteiger charge is -2.55. The third-order valence-electron chi connectivity index (χ3n) is 6.07. The van der Waals surface area contributed by atoms with Crippen molar-refractivity contribution in [2.24, 2.45) is 29.1 Å². The van der Waals surface area contributed by atoms with Crippen LogP contribution in [0.5, 0.6) is 0 Å². The van der Waals surface area contributed by atoms with Gasteiger partial charge in [0, 0.05) is 6.54 Å². The molecule has 4 rings (SSSR count). The Hall–Kier alpha value is -1.59. The first-order chi connectivity index (χ1) is 11.9. The SMILES string of the molecule is CC(C)CCNC(=O)NC(=O)COC(=O)C12CC3CC(CC(C3)C1)C2. The van der Waals surface area contributed by atoms with E-state index in [1.54, 1.807) is 0 Å². The normalized spacial score (nSPS) is 32.5. The Morgan fingerprint density at radius 3 is 2.12 bits per heavy atom. The number of hydrogen-bond acceptors (Lipinski definition) is 4. The van der Waals surface area contributed by atoms with Crippen LogP contribution in [0.3, 0.4) is 0 Å². The number of hydrogen-bond donors (Lipinski definition) is 2. The molecule has 2 N–H and O–H groups in total. The molecule has 140 valence electrons. The van der Waals surface area contributed by atoms with Gasteiger partial charge < -0.3 is 10.1 Å². The Morgan fingerprint density at radius 1 is 1.04 bits per heavy atom. The Balaban J connectivity index is 1.42. The molecule has 0 atom stereocenters. The molecule has 6 nitrogen and oxygen atoms in total. The van der Waals surface area contributed by atoms with Crippen LogP contribution >= 0.6 is 0 Å². The number of urea groups is 1. The van der Waals surface area contributed by atoms with Crippen LogP contribution in [0.15, 0.2) is 0 Å². The molecule has 4 aliphatic rings. The van der Waals surface area contributed by atoms with Gasteiger partial charge in [-0.05, 0) is 68.6 Å². The van der Waals surface area contributed by atoms with Gasteiger partial charge >= 0.3 is 12.0 Å². The van der Waals surface area contributed by atoms with E-state index >= 15 is 0 Å². The van der Waals surface area contributed by atoms with Gasteiger partial charge in [-0.2, -0.15) is 0 Å². The van der Waals surface area contributed by atoms with Crippen LogP contribution in [0.4, 0.5) is 4.79 Å². The maximum Gasteiger partial charge on any atom is 0.321 e. The lowest BCUT2D eigenvalue weighted by Crippen LogP contribution is -2.51. The molecule has 0 radical (unpaired) electrons. The third-order valence-corrected chi connectivity index (χ3v) is 6.07. The van der Waals surface area contributed by atoms with Crippen molar-refractivity contribution in [3.63, 3.8) is 0 Å². The number of rotatable bonds is 6. The number of carbonyl (C=O) groups excluding carboxylic acids is 3. The van der Waals surface area contributed by atoms with Crippen molar-refractivity contribution >= 4 is 17.9 Å².